The topological polar surface area (TPSA) is 48.1 Å². The molecule has 0 aliphatic carbocycles. The summed E-state index contributed by atoms with van der Waals surface area (Å²) in [6, 6.07) is 5.69. The number of halogens is 1. The number of hydrogen-bond donors (Lipinski definition) is 1. The van der Waals surface area contributed by atoms with E-state index in [1.807, 2.05) is 18.2 Å². The highest BCUT2D eigenvalue weighted by Gasteiger charge is 1.94. The molecule has 0 amide bonds. The molecule has 74 valence electrons. The van der Waals surface area contributed by atoms with E-state index in [-0.39, 0.29) is 0 Å². The average molecular weight is 255 g/mol. The minimum atomic E-state index is 0.374. The Labute approximate surface area is 91.8 Å². The Hall–Kier alpha value is -0.890. The van der Waals surface area contributed by atoms with E-state index >= 15 is 0 Å². The molecule has 0 bridgehead atoms. The summed E-state index contributed by atoms with van der Waals surface area (Å²) in [6.07, 6.45) is 0. The Bertz CT molecular complexity index is 343. The van der Waals surface area contributed by atoms with E-state index in [1.54, 1.807) is 0 Å². The predicted molar refractivity (Wildman–Crippen MR) is 58.4 cm³/mol. The Kier molecular flexibility index (Phi) is 5.23. The molecule has 0 saturated heterocycles. The lowest BCUT2D eigenvalue weighted by Gasteiger charge is -1.99. The number of nitrogens with two attached hydrogens (primary N) is 1. The van der Waals surface area contributed by atoms with Crippen LogP contribution in [0.3, 0.4) is 0 Å². The Balaban J connectivity index is 2.31. The Morgan fingerprint density at radius 2 is 2.29 bits per heavy atom. The minimum absolute atomic E-state index is 0.374. The number of rotatable bonds is 3. The standard InChI is InChI=1S/C10H11BrN2O/c11-10-5-3-4-9(13-10)8-14-7-2-1-6-12/h3-5H,6-8,12H2. The Morgan fingerprint density at radius 1 is 1.43 bits per heavy atom. The van der Waals surface area contributed by atoms with Crippen LogP contribution in [0, 0.1) is 11.8 Å². The van der Waals surface area contributed by atoms with Gasteiger partial charge in [-0.3, -0.25) is 0 Å². The number of ether oxygens (including phenoxy) is 1. The summed E-state index contributed by atoms with van der Waals surface area (Å²) >= 11 is 3.28. The molecule has 0 unspecified atom stereocenters. The van der Waals surface area contributed by atoms with Crippen molar-refractivity contribution < 1.29 is 4.74 Å². The average Bonchev–Trinajstić information content (AvgIpc) is 2.18. The van der Waals surface area contributed by atoms with Crippen molar-refractivity contribution in [2.24, 2.45) is 5.73 Å². The third-order valence-corrected chi connectivity index (χ3v) is 1.87. The first-order chi connectivity index (χ1) is 6.83. The molecule has 0 atom stereocenters. The molecule has 0 fully saturated rings. The maximum atomic E-state index is 5.26. The van der Waals surface area contributed by atoms with Crippen molar-refractivity contribution >= 4 is 15.9 Å². The highest BCUT2D eigenvalue weighted by Crippen LogP contribution is 2.06. The van der Waals surface area contributed by atoms with Crippen molar-refractivity contribution in [2.75, 3.05) is 13.2 Å². The molecule has 0 saturated carbocycles. The SMILES string of the molecule is NCC#CCOCc1cccc(Br)n1. The molecular weight excluding hydrogens is 244 g/mol. The monoisotopic (exact) mass is 254 g/mol. The lowest BCUT2D eigenvalue weighted by atomic mass is 10.4. The van der Waals surface area contributed by atoms with Crippen LogP contribution in [0.1, 0.15) is 5.69 Å². The molecule has 0 aliphatic rings. The van der Waals surface area contributed by atoms with Crippen LogP contribution in [0.25, 0.3) is 0 Å². The maximum absolute atomic E-state index is 5.26. The zero-order valence-corrected chi connectivity index (χ0v) is 9.25. The molecule has 4 heteroatoms. The molecule has 2 N–H and O–H groups in total. The van der Waals surface area contributed by atoms with Crippen molar-refractivity contribution in [1.82, 2.24) is 4.98 Å². The zero-order chi connectivity index (χ0) is 10.2. The fourth-order valence-electron chi connectivity index (χ4n) is 0.861. The highest BCUT2D eigenvalue weighted by molar-refractivity contribution is 9.10. The molecule has 14 heavy (non-hydrogen) atoms. The summed E-state index contributed by atoms with van der Waals surface area (Å²) in [5.74, 6) is 5.50. The largest absolute Gasteiger partial charge is 0.362 e. The van der Waals surface area contributed by atoms with E-state index in [2.05, 4.69) is 32.8 Å². The van der Waals surface area contributed by atoms with Gasteiger partial charge in [0.05, 0.1) is 18.8 Å². The predicted octanol–water partition coefficient (Wildman–Crippen LogP) is 1.32. The van der Waals surface area contributed by atoms with Crippen molar-refractivity contribution in [1.29, 1.82) is 0 Å². The van der Waals surface area contributed by atoms with E-state index in [4.69, 9.17) is 10.5 Å². The summed E-state index contributed by atoms with van der Waals surface area (Å²) in [5.41, 5.74) is 6.08. The van der Waals surface area contributed by atoms with Gasteiger partial charge in [-0.1, -0.05) is 17.9 Å². The third kappa shape index (κ3) is 4.38. The molecule has 3 nitrogen and oxygen atoms in total. The number of pyridine rings is 1. The molecule has 1 heterocycles. The van der Waals surface area contributed by atoms with E-state index in [0.29, 0.717) is 19.8 Å². The van der Waals surface area contributed by atoms with Crippen LogP contribution in [0.2, 0.25) is 0 Å². The molecule has 1 rings (SSSR count). The quantitative estimate of drug-likeness (QED) is 0.503. The fourth-order valence-corrected chi connectivity index (χ4v) is 1.24. The van der Waals surface area contributed by atoms with Gasteiger partial charge in [-0.05, 0) is 28.1 Å². The van der Waals surface area contributed by atoms with Crippen LogP contribution in [0.4, 0.5) is 0 Å². The van der Waals surface area contributed by atoms with Crippen LogP contribution in [-0.2, 0) is 11.3 Å². The molecule has 0 aromatic carbocycles. The van der Waals surface area contributed by atoms with Crippen LogP contribution in [0.5, 0.6) is 0 Å². The van der Waals surface area contributed by atoms with Crippen LogP contribution < -0.4 is 5.73 Å². The fraction of sp³-hybridized carbons (Fsp3) is 0.300. The normalized spacial score (nSPS) is 9.29. The lowest BCUT2D eigenvalue weighted by Crippen LogP contribution is -1.97. The minimum Gasteiger partial charge on any atom is -0.362 e. The second kappa shape index (κ2) is 6.55. The van der Waals surface area contributed by atoms with Gasteiger partial charge in [0.25, 0.3) is 0 Å². The van der Waals surface area contributed by atoms with E-state index in [0.717, 1.165) is 10.3 Å². The molecule has 0 spiro atoms. The van der Waals surface area contributed by atoms with Crippen molar-refractivity contribution in [3.63, 3.8) is 0 Å². The molecule has 0 radical (unpaired) electrons. The van der Waals surface area contributed by atoms with Gasteiger partial charge in [-0.2, -0.15) is 0 Å². The van der Waals surface area contributed by atoms with Gasteiger partial charge in [-0.25, -0.2) is 4.98 Å². The third-order valence-electron chi connectivity index (χ3n) is 1.42. The first-order valence-electron chi connectivity index (χ1n) is 4.18. The van der Waals surface area contributed by atoms with Crippen LogP contribution in [0.15, 0.2) is 22.8 Å². The van der Waals surface area contributed by atoms with Crippen molar-refractivity contribution in [3.8, 4) is 11.8 Å². The van der Waals surface area contributed by atoms with Gasteiger partial charge in [-0.15, -0.1) is 0 Å². The Morgan fingerprint density at radius 3 is 3.00 bits per heavy atom. The molecular formula is C10H11BrN2O. The maximum Gasteiger partial charge on any atom is 0.108 e. The summed E-state index contributed by atoms with van der Waals surface area (Å²) in [6.45, 7) is 1.24. The number of nitrogens with zero attached hydrogens (tertiary/aromatic N) is 1. The highest BCUT2D eigenvalue weighted by atomic mass is 79.9. The summed E-state index contributed by atoms with van der Waals surface area (Å²) in [4.78, 5) is 4.21. The smallest absolute Gasteiger partial charge is 0.108 e. The van der Waals surface area contributed by atoms with Crippen molar-refractivity contribution in [2.45, 2.75) is 6.61 Å². The second-order valence-corrected chi connectivity index (χ2v) is 3.31. The molecule has 1 aromatic rings. The van der Waals surface area contributed by atoms with Gasteiger partial charge in [0.15, 0.2) is 0 Å². The lowest BCUT2D eigenvalue weighted by molar-refractivity contribution is 0.150. The van der Waals surface area contributed by atoms with Gasteiger partial charge < -0.3 is 10.5 Å². The van der Waals surface area contributed by atoms with E-state index in [9.17, 15) is 0 Å². The van der Waals surface area contributed by atoms with E-state index < -0.39 is 0 Å². The number of aromatic nitrogens is 1. The molecule has 0 aliphatic heterocycles. The van der Waals surface area contributed by atoms with Gasteiger partial charge in [0, 0.05) is 0 Å². The summed E-state index contributed by atoms with van der Waals surface area (Å²) < 4.78 is 6.08. The molecule has 1 aromatic heterocycles. The zero-order valence-electron chi connectivity index (χ0n) is 7.66. The van der Waals surface area contributed by atoms with Crippen molar-refractivity contribution in [3.05, 3.63) is 28.5 Å². The number of hydrogen-bond acceptors (Lipinski definition) is 3. The second-order valence-electron chi connectivity index (χ2n) is 2.50. The summed E-state index contributed by atoms with van der Waals surface area (Å²) in [7, 11) is 0. The van der Waals surface area contributed by atoms with Crippen LogP contribution in [-0.4, -0.2) is 18.1 Å². The first kappa shape index (κ1) is 11.2. The van der Waals surface area contributed by atoms with Crippen LogP contribution >= 0.6 is 15.9 Å². The van der Waals surface area contributed by atoms with Gasteiger partial charge in [0.2, 0.25) is 0 Å². The first-order valence-corrected chi connectivity index (χ1v) is 4.97. The summed E-state index contributed by atoms with van der Waals surface area (Å²) in [5, 5.41) is 0. The van der Waals surface area contributed by atoms with E-state index in [1.165, 1.54) is 0 Å². The van der Waals surface area contributed by atoms with Gasteiger partial charge >= 0.3 is 0 Å². The van der Waals surface area contributed by atoms with Gasteiger partial charge in [0.1, 0.15) is 11.2 Å².